The monoisotopic (exact) mass is 432 g/mol. The van der Waals surface area contributed by atoms with Crippen molar-refractivity contribution in [2.24, 2.45) is 5.92 Å². The van der Waals surface area contributed by atoms with E-state index in [1.807, 2.05) is 6.07 Å². The summed E-state index contributed by atoms with van der Waals surface area (Å²) >= 11 is 0. The lowest BCUT2D eigenvalue weighted by Gasteiger charge is -2.23. The molecule has 0 saturated carbocycles. The van der Waals surface area contributed by atoms with Crippen LogP contribution in [0.25, 0.3) is 0 Å². The molecule has 0 bridgehead atoms. The molecule has 0 aliphatic carbocycles. The van der Waals surface area contributed by atoms with Crippen LogP contribution in [0.4, 0.5) is 14.6 Å². The Balaban J connectivity index is 1.51. The van der Waals surface area contributed by atoms with Gasteiger partial charge in [-0.1, -0.05) is 13.0 Å². The highest BCUT2D eigenvalue weighted by Gasteiger charge is 2.34. The second-order valence-electron chi connectivity index (χ2n) is 8.63. The zero-order valence-corrected chi connectivity index (χ0v) is 18.1. The van der Waals surface area contributed by atoms with Gasteiger partial charge in [-0.25, -0.2) is 23.7 Å². The third-order valence-corrected chi connectivity index (χ3v) is 5.69. The molecule has 2 atom stereocenters. The molecular formula is C23H30F2N4O2. The van der Waals surface area contributed by atoms with Crippen LogP contribution in [0.2, 0.25) is 0 Å². The van der Waals surface area contributed by atoms with E-state index in [4.69, 9.17) is 5.11 Å². The Morgan fingerprint density at radius 2 is 2.03 bits per heavy atom. The van der Waals surface area contributed by atoms with Gasteiger partial charge in [-0.3, -0.25) is 4.79 Å². The number of aryl methyl sites for hydroxylation is 2. The van der Waals surface area contributed by atoms with Gasteiger partial charge in [0.05, 0.1) is 6.42 Å². The maximum atomic E-state index is 14.6. The predicted molar refractivity (Wildman–Crippen MR) is 114 cm³/mol. The highest BCUT2D eigenvalue weighted by Crippen LogP contribution is 2.35. The first-order valence-electron chi connectivity index (χ1n) is 10.8. The number of unbranched alkanes of at least 4 members (excludes halogenated alkanes) is 1. The van der Waals surface area contributed by atoms with E-state index in [0.717, 1.165) is 24.5 Å². The molecule has 3 heterocycles. The van der Waals surface area contributed by atoms with Crippen molar-refractivity contribution in [3.8, 4) is 0 Å². The van der Waals surface area contributed by atoms with Gasteiger partial charge in [0.15, 0.2) is 0 Å². The third-order valence-electron chi connectivity index (χ3n) is 5.69. The van der Waals surface area contributed by atoms with E-state index in [9.17, 15) is 13.6 Å². The average molecular weight is 433 g/mol. The van der Waals surface area contributed by atoms with Crippen LogP contribution in [0.15, 0.2) is 24.5 Å². The largest absolute Gasteiger partial charge is 0.481 e. The number of aliphatic carboxylic acids is 1. The Morgan fingerprint density at radius 1 is 1.29 bits per heavy atom. The summed E-state index contributed by atoms with van der Waals surface area (Å²) in [5.74, 6) is -2.86. The van der Waals surface area contributed by atoms with Crippen molar-refractivity contribution in [1.82, 2.24) is 15.0 Å². The Labute approximate surface area is 181 Å². The average Bonchev–Trinajstić information content (AvgIpc) is 2.71. The molecule has 0 fully saturated rings. The van der Waals surface area contributed by atoms with Crippen LogP contribution in [-0.2, 0) is 17.6 Å². The van der Waals surface area contributed by atoms with Crippen LogP contribution in [0.1, 0.15) is 67.6 Å². The van der Waals surface area contributed by atoms with Crippen LogP contribution >= 0.6 is 0 Å². The van der Waals surface area contributed by atoms with Gasteiger partial charge in [0, 0.05) is 43.4 Å². The van der Waals surface area contributed by atoms with E-state index >= 15 is 0 Å². The van der Waals surface area contributed by atoms with E-state index in [2.05, 4.69) is 33.3 Å². The molecule has 0 radical (unpaired) electrons. The number of hydrogen-bond donors (Lipinski definition) is 2. The molecule has 0 amide bonds. The summed E-state index contributed by atoms with van der Waals surface area (Å²) in [5, 5.41) is 12.5. The molecule has 2 N–H and O–H groups in total. The number of nitrogens with one attached hydrogen (secondary N) is 1. The minimum atomic E-state index is -2.95. The zero-order valence-electron chi connectivity index (χ0n) is 18.1. The summed E-state index contributed by atoms with van der Waals surface area (Å²) in [6.45, 7) is 4.79. The topological polar surface area (TPSA) is 88.0 Å². The maximum absolute atomic E-state index is 14.6. The summed E-state index contributed by atoms with van der Waals surface area (Å²) in [5.41, 5.74) is 2.55. The summed E-state index contributed by atoms with van der Waals surface area (Å²) in [4.78, 5) is 23.8. The van der Waals surface area contributed by atoms with Gasteiger partial charge in [-0.05, 0) is 55.7 Å². The quantitative estimate of drug-likeness (QED) is 0.525. The molecule has 1 aliphatic heterocycles. The van der Waals surface area contributed by atoms with E-state index in [0.29, 0.717) is 36.6 Å². The number of hydrogen-bond acceptors (Lipinski definition) is 5. The van der Waals surface area contributed by atoms with Gasteiger partial charge < -0.3 is 10.4 Å². The fraction of sp³-hybridized carbons (Fsp3) is 0.565. The van der Waals surface area contributed by atoms with Crippen molar-refractivity contribution in [2.75, 3.05) is 11.9 Å². The van der Waals surface area contributed by atoms with Crippen LogP contribution in [-0.4, -0.2) is 38.5 Å². The van der Waals surface area contributed by atoms with Gasteiger partial charge >= 0.3 is 5.97 Å². The summed E-state index contributed by atoms with van der Waals surface area (Å²) < 4.78 is 29.2. The lowest BCUT2D eigenvalue weighted by molar-refractivity contribution is -0.138. The summed E-state index contributed by atoms with van der Waals surface area (Å²) in [6, 6.07) is 4.06. The number of pyridine rings is 1. The van der Waals surface area contributed by atoms with Crippen LogP contribution in [0.5, 0.6) is 0 Å². The van der Waals surface area contributed by atoms with E-state index in [1.165, 1.54) is 18.0 Å². The number of fused-ring (bicyclic) bond motifs is 1. The smallest absolute Gasteiger partial charge is 0.303 e. The minimum Gasteiger partial charge on any atom is -0.481 e. The molecule has 6 nitrogen and oxygen atoms in total. The highest BCUT2D eigenvalue weighted by atomic mass is 19.3. The zero-order chi connectivity index (χ0) is 22.4. The number of carbonyl (C=O) groups is 1. The molecule has 0 spiro atoms. The lowest BCUT2D eigenvalue weighted by atomic mass is 9.89. The number of carboxylic acid groups (broad SMARTS) is 1. The molecule has 3 rings (SSSR count). The van der Waals surface area contributed by atoms with Crippen molar-refractivity contribution in [3.05, 3.63) is 47.2 Å². The Bertz CT molecular complexity index is 890. The number of anilines is 1. The minimum absolute atomic E-state index is 0.281. The number of halogens is 2. The van der Waals surface area contributed by atoms with Crippen molar-refractivity contribution >= 4 is 11.8 Å². The molecule has 2 aromatic heterocycles. The Morgan fingerprint density at radius 3 is 2.74 bits per heavy atom. The van der Waals surface area contributed by atoms with E-state index in [-0.39, 0.29) is 12.8 Å². The summed E-state index contributed by atoms with van der Waals surface area (Å²) in [7, 11) is 0. The molecular weight excluding hydrogens is 402 g/mol. The lowest BCUT2D eigenvalue weighted by Crippen LogP contribution is -2.22. The number of rotatable bonds is 10. The van der Waals surface area contributed by atoms with Gasteiger partial charge in [0.2, 0.25) is 5.92 Å². The maximum Gasteiger partial charge on any atom is 0.303 e. The standard InChI is InChI=1S/C23H30F2N4O2/c1-15-9-17-6-7-20(29-22(17)28-12-15)5-3-4-8-23(24,25)11-18(10-21(30)31)19-13-26-16(2)27-14-19/h6-7,13-15,18H,3-5,8-12H2,1-2H3,(H,28,29)(H,30,31)/t15?,18-/m1/s1. The van der Waals surface area contributed by atoms with Gasteiger partial charge in [0.25, 0.3) is 0 Å². The summed E-state index contributed by atoms with van der Waals surface area (Å²) in [6.07, 6.45) is 4.32. The van der Waals surface area contributed by atoms with E-state index in [1.54, 1.807) is 6.92 Å². The number of nitrogens with zero attached hydrogens (tertiary/aromatic N) is 3. The SMILES string of the molecule is Cc1ncc([C@H](CC(=O)O)CC(F)(F)CCCCc2ccc3c(n2)NCC(C)C3)cn1. The van der Waals surface area contributed by atoms with Crippen molar-refractivity contribution in [1.29, 1.82) is 0 Å². The number of aromatic nitrogens is 3. The van der Waals surface area contributed by atoms with Crippen molar-refractivity contribution in [2.45, 2.75) is 70.6 Å². The first-order valence-corrected chi connectivity index (χ1v) is 10.8. The Hall–Kier alpha value is -2.64. The molecule has 1 unspecified atom stereocenters. The van der Waals surface area contributed by atoms with Crippen LogP contribution < -0.4 is 5.32 Å². The van der Waals surface area contributed by atoms with Gasteiger partial charge in [-0.2, -0.15) is 0 Å². The third kappa shape index (κ3) is 6.94. The molecule has 1 aliphatic rings. The molecule has 0 saturated heterocycles. The van der Waals surface area contributed by atoms with Gasteiger partial charge in [-0.15, -0.1) is 0 Å². The Kier molecular flexibility index (Phi) is 7.51. The van der Waals surface area contributed by atoms with Crippen molar-refractivity contribution < 1.29 is 18.7 Å². The first-order chi connectivity index (χ1) is 14.7. The predicted octanol–water partition coefficient (Wildman–Crippen LogP) is 4.78. The van der Waals surface area contributed by atoms with Crippen LogP contribution in [0, 0.1) is 12.8 Å². The first kappa shape index (κ1) is 23.0. The number of carboxylic acids is 1. The molecule has 8 heteroatoms. The van der Waals surface area contributed by atoms with Gasteiger partial charge in [0.1, 0.15) is 11.6 Å². The highest BCUT2D eigenvalue weighted by molar-refractivity contribution is 5.68. The van der Waals surface area contributed by atoms with E-state index < -0.39 is 24.2 Å². The molecule has 168 valence electrons. The fourth-order valence-corrected chi connectivity index (χ4v) is 3.99. The van der Waals surface area contributed by atoms with Crippen LogP contribution in [0.3, 0.4) is 0 Å². The second-order valence-corrected chi connectivity index (χ2v) is 8.63. The number of alkyl halides is 2. The van der Waals surface area contributed by atoms with Crippen molar-refractivity contribution in [3.63, 3.8) is 0 Å². The fourth-order valence-electron chi connectivity index (χ4n) is 3.99. The second kappa shape index (κ2) is 10.1. The molecule has 0 aromatic carbocycles. The molecule has 31 heavy (non-hydrogen) atoms. The molecule has 2 aromatic rings. The normalized spacial score (nSPS) is 17.0.